The fourth-order valence-electron chi connectivity index (χ4n) is 1.66. The van der Waals surface area contributed by atoms with E-state index in [1.807, 2.05) is 0 Å². The first-order chi connectivity index (χ1) is 8.53. The Labute approximate surface area is 117 Å². The van der Waals surface area contributed by atoms with Crippen molar-refractivity contribution in [1.82, 2.24) is 0 Å². The van der Waals surface area contributed by atoms with E-state index in [0.717, 1.165) is 0 Å². The van der Waals surface area contributed by atoms with Crippen LogP contribution in [0, 0.1) is 0 Å². The number of nitrogens with two attached hydrogens (primary N) is 1. The van der Waals surface area contributed by atoms with Gasteiger partial charge in [0.2, 0.25) is 0 Å². The summed E-state index contributed by atoms with van der Waals surface area (Å²) in [4.78, 5) is 11.2. The molecule has 3 N–H and O–H groups in total. The van der Waals surface area contributed by atoms with E-state index in [1.165, 1.54) is 33.5 Å². The Morgan fingerprint density at radius 3 is 2.11 bits per heavy atom. The molecule has 0 bridgehead atoms. The van der Waals surface area contributed by atoms with E-state index < -0.39 is 12.0 Å². The third-order valence-electron chi connectivity index (χ3n) is 2.51. The van der Waals surface area contributed by atoms with E-state index >= 15 is 0 Å². The van der Waals surface area contributed by atoms with Gasteiger partial charge in [0.1, 0.15) is 17.2 Å². The van der Waals surface area contributed by atoms with Crippen LogP contribution in [0.1, 0.15) is 18.0 Å². The van der Waals surface area contributed by atoms with E-state index in [2.05, 4.69) is 4.74 Å². The maximum atomic E-state index is 11.2. The van der Waals surface area contributed by atoms with Gasteiger partial charge in [-0.2, -0.15) is 0 Å². The summed E-state index contributed by atoms with van der Waals surface area (Å²) in [5, 5.41) is 9.50. The van der Waals surface area contributed by atoms with Crippen LogP contribution in [0.5, 0.6) is 17.2 Å². The number of methoxy groups -OCH3 is 3. The predicted octanol–water partition coefficient (Wildman–Crippen LogP) is 1.39. The Hall–Kier alpha value is -1.66. The minimum absolute atomic E-state index is 0. The molecule has 1 rings (SSSR count). The van der Waals surface area contributed by atoms with Crippen molar-refractivity contribution in [3.63, 3.8) is 0 Å². The lowest BCUT2D eigenvalue weighted by Crippen LogP contribution is -2.18. The van der Waals surface area contributed by atoms with E-state index in [1.54, 1.807) is 0 Å². The van der Waals surface area contributed by atoms with Gasteiger partial charge in [0.25, 0.3) is 0 Å². The molecule has 6 nitrogen and oxygen atoms in total. The molecular weight excluding hydrogens is 274 g/mol. The van der Waals surface area contributed by atoms with E-state index in [9.17, 15) is 9.90 Å². The summed E-state index contributed by atoms with van der Waals surface area (Å²) >= 11 is 0. The highest BCUT2D eigenvalue weighted by atomic mass is 35.5. The lowest BCUT2D eigenvalue weighted by atomic mass is 10.0. The SMILES string of the molecule is COC(=O)C[C@@H](N)c1c(OC)cc(O)cc1OC.Cl. The molecule has 0 fully saturated rings. The third-order valence-corrected chi connectivity index (χ3v) is 2.51. The van der Waals surface area contributed by atoms with Gasteiger partial charge < -0.3 is 25.1 Å². The zero-order valence-corrected chi connectivity index (χ0v) is 11.8. The van der Waals surface area contributed by atoms with Crippen LogP contribution >= 0.6 is 12.4 Å². The number of hydrogen-bond acceptors (Lipinski definition) is 6. The molecule has 1 aromatic carbocycles. The van der Waals surface area contributed by atoms with Crippen LogP contribution < -0.4 is 15.2 Å². The van der Waals surface area contributed by atoms with Crippen LogP contribution in [0.25, 0.3) is 0 Å². The fourth-order valence-corrected chi connectivity index (χ4v) is 1.66. The summed E-state index contributed by atoms with van der Waals surface area (Å²) in [6, 6.07) is 2.19. The largest absolute Gasteiger partial charge is 0.508 e. The Morgan fingerprint density at radius 2 is 1.74 bits per heavy atom. The highest BCUT2D eigenvalue weighted by Crippen LogP contribution is 2.38. The summed E-state index contributed by atoms with van der Waals surface area (Å²) < 4.78 is 14.8. The molecule has 108 valence electrons. The van der Waals surface area contributed by atoms with Crippen LogP contribution in [-0.2, 0) is 9.53 Å². The van der Waals surface area contributed by atoms with Gasteiger partial charge in [0.15, 0.2) is 0 Å². The summed E-state index contributed by atoms with van der Waals surface area (Å²) in [5.74, 6) is 0.295. The van der Waals surface area contributed by atoms with Crippen molar-refractivity contribution in [3.05, 3.63) is 17.7 Å². The van der Waals surface area contributed by atoms with Crippen molar-refractivity contribution < 1.29 is 24.1 Å². The molecule has 7 heteroatoms. The van der Waals surface area contributed by atoms with Gasteiger partial charge in [-0.25, -0.2) is 0 Å². The standard InChI is InChI=1S/C12H17NO5.ClH/c1-16-9-4-7(14)5-10(17-2)12(9)8(13)6-11(15)18-3;/h4-5,8,14H,6,13H2,1-3H3;1H/t8-;/m1./s1. The van der Waals surface area contributed by atoms with Crippen molar-refractivity contribution in [1.29, 1.82) is 0 Å². The van der Waals surface area contributed by atoms with Gasteiger partial charge in [-0.15, -0.1) is 12.4 Å². The van der Waals surface area contributed by atoms with E-state index in [4.69, 9.17) is 15.2 Å². The zero-order chi connectivity index (χ0) is 13.7. The number of carbonyl (C=O) groups excluding carboxylic acids is 1. The van der Waals surface area contributed by atoms with Gasteiger partial charge in [0, 0.05) is 18.2 Å². The molecule has 0 aliphatic carbocycles. The van der Waals surface area contributed by atoms with Crippen LogP contribution in [0.3, 0.4) is 0 Å². The molecule has 0 heterocycles. The Kier molecular flexibility index (Phi) is 7.03. The smallest absolute Gasteiger partial charge is 0.307 e. The van der Waals surface area contributed by atoms with Crippen molar-refractivity contribution in [3.8, 4) is 17.2 Å². The van der Waals surface area contributed by atoms with Crippen molar-refractivity contribution in [2.24, 2.45) is 5.73 Å². The van der Waals surface area contributed by atoms with Gasteiger partial charge in [-0.3, -0.25) is 4.79 Å². The molecule has 0 aliphatic rings. The van der Waals surface area contributed by atoms with Crippen LogP contribution in [-0.4, -0.2) is 32.4 Å². The number of phenolic OH excluding ortho intramolecular Hbond substituents is 1. The first-order valence-electron chi connectivity index (χ1n) is 5.30. The zero-order valence-electron chi connectivity index (χ0n) is 11.0. The number of esters is 1. The number of aromatic hydroxyl groups is 1. The van der Waals surface area contributed by atoms with Crippen molar-refractivity contribution in [2.45, 2.75) is 12.5 Å². The second-order valence-electron chi connectivity index (χ2n) is 3.65. The summed E-state index contributed by atoms with van der Waals surface area (Å²) in [7, 11) is 4.19. The molecule has 0 radical (unpaired) electrons. The maximum absolute atomic E-state index is 11.2. The van der Waals surface area contributed by atoms with Gasteiger partial charge in [-0.1, -0.05) is 0 Å². The second kappa shape index (κ2) is 7.70. The van der Waals surface area contributed by atoms with Gasteiger partial charge >= 0.3 is 5.97 Å². The van der Waals surface area contributed by atoms with E-state index in [0.29, 0.717) is 17.1 Å². The molecule has 0 unspecified atom stereocenters. The maximum Gasteiger partial charge on any atom is 0.307 e. The predicted molar refractivity (Wildman–Crippen MR) is 72.0 cm³/mol. The molecule has 0 aliphatic heterocycles. The minimum atomic E-state index is -0.636. The number of phenols is 1. The molecule has 19 heavy (non-hydrogen) atoms. The first-order valence-corrected chi connectivity index (χ1v) is 5.30. The minimum Gasteiger partial charge on any atom is -0.508 e. The average molecular weight is 292 g/mol. The van der Waals surface area contributed by atoms with Gasteiger partial charge in [-0.05, 0) is 0 Å². The summed E-state index contributed by atoms with van der Waals surface area (Å²) in [6.45, 7) is 0. The summed E-state index contributed by atoms with van der Waals surface area (Å²) in [5.41, 5.74) is 6.45. The topological polar surface area (TPSA) is 91.0 Å². The molecule has 0 saturated carbocycles. The van der Waals surface area contributed by atoms with Crippen LogP contribution in [0.4, 0.5) is 0 Å². The number of carbonyl (C=O) groups is 1. The molecular formula is C12H18ClNO5. The average Bonchev–Trinajstić information content (AvgIpc) is 2.36. The Bertz CT molecular complexity index is 413. The number of halogens is 1. The van der Waals surface area contributed by atoms with Crippen LogP contribution in [0.2, 0.25) is 0 Å². The highest BCUT2D eigenvalue weighted by Gasteiger charge is 2.21. The number of ether oxygens (including phenoxy) is 3. The lowest BCUT2D eigenvalue weighted by molar-refractivity contribution is -0.141. The van der Waals surface area contributed by atoms with Crippen molar-refractivity contribution in [2.75, 3.05) is 21.3 Å². The van der Waals surface area contributed by atoms with E-state index in [-0.39, 0.29) is 24.6 Å². The molecule has 1 aromatic rings. The monoisotopic (exact) mass is 291 g/mol. The quantitative estimate of drug-likeness (QED) is 0.797. The first kappa shape index (κ1) is 17.3. The number of benzene rings is 1. The Morgan fingerprint density at radius 1 is 1.26 bits per heavy atom. The molecule has 1 atom stereocenters. The molecule has 0 amide bonds. The van der Waals surface area contributed by atoms with Crippen LogP contribution in [0.15, 0.2) is 12.1 Å². The third kappa shape index (κ3) is 4.18. The highest BCUT2D eigenvalue weighted by molar-refractivity contribution is 5.85. The second-order valence-corrected chi connectivity index (χ2v) is 3.65. The van der Waals surface area contributed by atoms with Gasteiger partial charge in [0.05, 0.1) is 33.3 Å². The molecule has 0 saturated heterocycles. The number of hydrogen-bond donors (Lipinski definition) is 2. The normalized spacial score (nSPS) is 11.2. The van der Waals surface area contributed by atoms with Crippen molar-refractivity contribution >= 4 is 18.4 Å². The molecule has 0 aromatic heterocycles. The summed E-state index contributed by atoms with van der Waals surface area (Å²) in [6.07, 6.45) is -0.00596. The fraction of sp³-hybridized carbons (Fsp3) is 0.417. The Balaban J connectivity index is 0.00000324. The lowest BCUT2D eigenvalue weighted by Gasteiger charge is -2.18. The molecule has 0 spiro atoms. The number of rotatable bonds is 5.